The lowest BCUT2D eigenvalue weighted by Gasteiger charge is -1.95. The van der Waals surface area contributed by atoms with E-state index in [-0.39, 0.29) is 17.6 Å². The number of hydrogen-bond acceptors (Lipinski definition) is 4. The molecule has 0 aliphatic carbocycles. The third kappa shape index (κ3) is 1.87. The molecule has 0 aromatic heterocycles. The maximum Gasteiger partial charge on any atom is 0.269 e. The Balaban J connectivity index is 2.20. The van der Waals surface area contributed by atoms with Crippen molar-refractivity contribution in [3.05, 3.63) is 39.9 Å². The highest BCUT2D eigenvalue weighted by atomic mass is 16.6. The number of carbonyl (C=O) groups is 1. The maximum absolute atomic E-state index is 10.9. The van der Waals surface area contributed by atoms with Crippen LogP contribution in [0.1, 0.15) is 18.6 Å². The number of nitro groups is 1. The molecule has 0 bridgehead atoms. The number of benzene rings is 1. The molecule has 0 saturated carbocycles. The first-order valence-corrected chi connectivity index (χ1v) is 4.50. The fraction of sp³-hybridized carbons (Fsp3) is 0.300. The van der Waals surface area contributed by atoms with Crippen molar-refractivity contribution in [2.24, 2.45) is 0 Å². The van der Waals surface area contributed by atoms with E-state index >= 15 is 0 Å². The van der Waals surface area contributed by atoms with Crippen LogP contribution in [0.3, 0.4) is 0 Å². The monoisotopic (exact) mass is 207 g/mol. The lowest BCUT2D eigenvalue weighted by Crippen LogP contribution is -2.01. The number of ketones is 1. The van der Waals surface area contributed by atoms with Gasteiger partial charge in [0.05, 0.1) is 4.92 Å². The zero-order valence-electron chi connectivity index (χ0n) is 8.04. The zero-order chi connectivity index (χ0) is 11.0. The summed E-state index contributed by atoms with van der Waals surface area (Å²) in [4.78, 5) is 21.0. The van der Waals surface area contributed by atoms with Gasteiger partial charge in [-0.1, -0.05) is 12.1 Å². The van der Waals surface area contributed by atoms with Crippen molar-refractivity contribution in [1.82, 2.24) is 0 Å². The van der Waals surface area contributed by atoms with Crippen LogP contribution in [0.5, 0.6) is 0 Å². The molecule has 5 nitrogen and oxygen atoms in total. The van der Waals surface area contributed by atoms with Crippen molar-refractivity contribution in [2.45, 2.75) is 19.1 Å². The Morgan fingerprint density at radius 1 is 1.53 bits per heavy atom. The molecule has 0 unspecified atom stereocenters. The van der Waals surface area contributed by atoms with Gasteiger partial charge in [0.2, 0.25) is 0 Å². The van der Waals surface area contributed by atoms with Crippen molar-refractivity contribution < 1.29 is 14.5 Å². The molecule has 1 aromatic carbocycles. The average Bonchev–Trinajstić information content (AvgIpc) is 2.97. The van der Waals surface area contributed by atoms with Crippen LogP contribution in [0.2, 0.25) is 0 Å². The molecule has 1 aromatic rings. The number of non-ortho nitro benzene ring substituents is 1. The fourth-order valence-corrected chi connectivity index (χ4v) is 1.49. The third-order valence-electron chi connectivity index (χ3n) is 2.30. The summed E-state index contributed by atoms with van der Waals surface area (Å²) in [6.07, 6.45) is -0.727. The Kier molecular flexibility index (Phi) is 2.24. The van der Waals surface area contributed by atoms with Crippen LogP contribution in [0.25, 0.3) is 0 Å². The quantitative estimate of drug-likeness (QED) is 0.429. The first-order valence-electron chi connectivity index (χ1n) is 4.50. The molecule has 1 aliphatic heterocycles. The summed E-state index contributed by atoms with van der Waals surface area (Å²) in [5, 5.41) is 10.5. The number of nitrogens with zero attached hydrogens (tertiary/aromatic N) is 1. The second-order valence-corrected chi connectivity index (χ2v) is 3.44. The van der Waals surface area contributed by atoms with E-state index < -0.39 is 11.0 Å². The van der Waals surface area contributed by atoms with Gasteiger partial charge in [0.25, 0.3) is 5.69 Å². The number of epoxide rings is 1. The normalized spacial score (nSPS) is 23.5. The largest absolute Gasteiger partial charge is 0.356 e. The predicted molar refractivity (Wildman–Crippen MR) is 51.4 cm³/mol. The van der Waals surface area contributed by atoms with Crippen molar-refractivity contribution in [3.63, 3.8) is 0 Å². The highest BCUT2D eigenvalue weighted by Gasteiger charge is 2.44. The van der Waals surface area contributed by atoms with E-state index in [2.05, 4.69) is 0 Å². The van der Waals surface area contributed by atoms with Crippen LogP contribution in [0.15, 0.2) is 24.3 Å². The van der Waals surface area contributed by atoms with Gasteiger partial charge < -0.3 is 4.74 Å². The molecule has 1 heterocycles. The van der Waals surface area contributed by atoms with Gasteiger partial charge in [-0.25, -0.2) is 0 Å². The number of nitro benzene ring substituents is 1. The SMILES string of the molecule is CC(=O)[C@H]1O[C@@H]1c1cccc([N+](=O)[O-])c1. The lowest BCUT2D eigenvalue weighted by atomic mass is 10.1. The van der Waals surface area contributed by atoms with Crippen LogP contribution >= 0.6 is 0 Å². The van der Waals surface area contributed by atoms with E-state index in [1.807, 2.05) is 0 Å². The number of Topliss-reactive ketones (excluding diaryl/α,β-unsaturated/α-hetero) is 1. The smallest absolute Gasteiger partial charge is 0.269 e. The standard InChI is InChI=1S/C10H9NO4/c1-6(12)9-10(15-9)7-3-2-4-8(5-7)11(13)14/h2-5,9-10H,1H3/t9-,10-/m1/s1. The maximum atomic E-state index is 10.9. The van der Waals surface area contributed by atoms with E-state index in [0.29, 0.717) is 5.56 Å². The van der Waals surface area contributed by atoms with Gasteiger partial charge in [0.1, 0.15) is 12.2 Å². The van der Waals surface area contributed by atoms with Crippen LogP contribution in [-0.2, 0) is 9.53 Å². The molecule has 78 valence electrons. The summed E-state index contributed by atoms with van der Waals surface area (Å²) in [6, 6.07) is 6.16. The minimum Gasteiger partial charge on any atom is -0.356 e. The third-order valence-corrected chi connectivity index (χ3v) is 2.30. The number of ether oxygens (including phenoxy) is 1. The summed E-state index contributed by atoms with van der Waals surface area (Å²) in [6.45, 7) is 1.45. The highest BCUT2D eigenvalue weighted by molar-refractivity contribution is 5.83. The minimum absolute atomic E-state index is 0.0188. The van der Waals surface area contributed by atoms with Crippen LogP contribution in [0, 0.1) is 10.1 Å². The van der Waals surface area contributed by atoms with E-state index in [4.69, 9.17) is 4.74 Å². The zero-order valence-corrected chi connectivity index (χ0v) is 8.04. The molecule has 15 heavy (non-hydrogen) atoms. The predicted octanol–water partition coefficient (Wildman–Crippen LogP) is 1.62. The van der Waals surface area contributed by atoms with Crippen LogP contribution < -0.4 is 0 Å². The summed E-state index contributed by atoms with van der Waals surface area (Å²) in [5.74, 6) is -0.0495. The van der Waals surface area contributed by atoms with Gasteiger partial charge in [-0.15, -0.1) is 0 Å². The number of rotatable bonds is 3. The van der Waals surface area contributed by atoms with Crippen molar-refractivity contribution in [3.8, 4) is 0 Å². The van der Waals surface area contributed by atoms with Gasteiger partial charge >= 0.3 is 0 Å². The average molecular weight is 207 g/mol. The fourth-order valence-electron chi connectivity index (χ4n) is 1.49. The molecule has 2 atom stereocenters. The Morgan fingerprint density at radius 3 is 2.80 bits per heavy atom. The molecule has 5 heteroatoms. The van der Waals surface area contributed by atoms with Gasteiger partial charge in [-0.3, -0.25) is 14.9 Å². The van der Waals surface area contributed by atoms with E-state index in [0.717, 1.165) is 0 Å². The van der Waals surface area contributed by atoms with E-state index in [1.165, 1.54) is 19.1 Å². The van der Waals surface area contributed by atoms with Crippen molar-refractivity contribution in [2.75, 3.05) is 0 Å². The first-order chi connectivity index (χ1) is 7.09. The molecule has 1 saturated heterocycles. The Morgan fingerprint density at radius 2 is 2.27 bits per heavy atom. The van der Waals surface area contributed by atoms with E-state index in [1.54, 1.807) is 12.1 Å². The molecule has 0 amide bonds. The first kappa shape index (κ1) is 9.79. The summed E-state index contributed by atoms with van der Waals surface area (Å²) < 4.78 is 5.13. The topological polar surface area (TPSA) is 72.7 Å². The molecular formula is C10H9NO4. The number of hydrogen-bond donors (Lipinski definition) is 0. The molecule has 0 spiro atoms. The van der Waals surface area contributed by atoms with Crippen molar-refractivity contribution >= 4 is 11.5 Å². The van der Waals surface area contributed by atoms with E-state index in [9.17, 15) is 14.9 Å². The van der Waals surface area contributed by atoms with Crippen LogP contribution in [0.4, 0.5) is 5.69 Å². The van der Waals surface area contributed by atoms with Gasteiger partial charge in [0, 0.05) is 12.1 Å². The van der Waals surface area contributed by atoms with Gasteiger partial charge in [0.15, 0.2) is 5.78 Å². The molecule has 1 aliphatic rings. The molecule has 1 fully saturated rings. The van der Waals surface area contributed by atoms with Gasteiger partial charge in [-0.05, 0) is 12.5 Å². The van der Waals surface area contributed by atoms with Crippen molar-refractivity contribution in [1.29, 1.82) is 0 Å². The second-order valence-electron chi connectivity index (χ2n) is 3.44. The summed E-state index contributed by atoms with van der Waals surface area (Å²) in [5.41, 5.74) is 0.703. The molecule has 0 N–H and O–H groups in total. The number of carbonyl (C=O) groups excluding carboxylic acids is 1. The summed E-state index contributed by atoms with van der Waals surface area (Å²) >= 11 is 0. The Labute approximate surface area is 85.8 Å². The molecule has 2 rings (SSSR count). The Hall–Kier alpha value is -1.75. The second kappa shape index (κ2) is 3.43. The molecular weight excluding hydrogens is 198 g/mol. The summed E-state index contributed by atoms with van der Waals surface area (Å²) in [7, 11) is 0. The van der Waals surface area contributed by atoms with Crippen LogP contribution in [-0.4, -0.2) is 16.8 Å². The highest BCUT2D eigenvalue weighted by Crippen LogP contribution is 2.39. The van der Waals surface area contributed by atoms with Gasteiger partial charge in [-0.2, -0.15) is 0 Å². The molecule has 0 radical (unpaired) electrons. The minimum atomic E-state index is -0.464. The Bertz CT molecular complexity index is 429. The lowest BCUT2D eigenvalue weighted by molar-refractivity contribution is -0.384.